The first kappa shape index (κ1) is 13.7. The van der Waals surface area contributed by atoms with Crippen molar-refractivity contribution in [1.82, 2.24) is 4.90 Å². The van der Waals surface area contributed by atoms with Crippen LogP contribution in [0.5, 0.6) is 0 Å². The molecule has 3 nitrogen and oxygen atoms in total. The molecule has 0 radical (unpaired) electrons. The molecule has 1 aromatic rings. The summed E-state index contributed by atoms with van der Waals surface area (Å²) >= 11 is 0. The quantitative estimate of drug-likeness (QED) is 0.869. The Bertz CT molecular complexity index is 378. The van der Waals surface area contributed by atoms with E-state index in [9.17, 15) is 4.79 Å². The Morgan fingerprint density at radius 2 is 1.71 bits per heavy atom. The lowest BCUT2D eigenvalue weighted by molar-refractivity contribution is 0.0642. The lowest BCUT2D eigenvalue weighted by Gasteiger charge is -2.31. The van der Waals surface area contributed by atoms with Crippen molar-refractivity contribution in [2.24, 2.45) is 5.73 Å². The lowest BCUT2D eigenvalue weighted by atomic mass is 10.0. The summed E-state index contributed by atoms with van der Waals surface area (Å²) < 4.78 is 0. The zero-order valence-electron chi connectivity index (χ0n) is 11.1. The van der Waals surface area contributed by atoms with E-state index in [1.165, 1.54) is 0 Å². The third kappa shape index (κ3) is 3.07. The van der Waals surface area contributed by atoms with Crippen LogP contribution in [0.25, 0.3) is 0 Å². The third-order valence-corrected chi connectivity index (χ3v) is 2.81. The van der Waals surface area contributed by atoms with Crippen LogP contribution in [-0.4, -0.2) is 22.9 Å². The fourth-order valence-electron chi connectivity index (χ4n) is 2.11. The van der Waals surface area contributed by atoms with Gasteiger partial charge in [0.15, 0.2) is 0 Å². The Balaban J connectivity index is 3.09. The van der Waals surface area contributed by atoms with Gasteiger partial charge in [0.1, 0.15) is 0 Å². The van der Waals surface area contributed by atoms with E-state index in [1.807, 2.05) is 56.9 Å². The molecule has 0 aliphatic rings. The van der Waals surface area contributed by atoms with E-state index in [4.69, 9.17) is 5.73 Å². The van der Waals surface area contributed by atoms with Crippen molar-refractivity contribution < 1.29 is 4.79 Å². The van der Waals surface area contributed by atoms with Gasteiger partial charge in [-0.15, -0.1) is 0 Å². The molecule has 94 valence electrons. The summed E-state index contributed by atoms with van der Waals surface area (Å²) in [7, 11) is 0. The van der Waals surface area contributed by atoms with E-state index in [2.05, 4.69) is 0 Å². The minimum absolute atomic E-state index is 0.0658. The average Bonchev–Trinajstić information content (AvgIpc) is 2.27. The maximum absolute atomic E-state index is 12.5. The smallest absolute Gasteiger partial charge is 0.254 e. The minimum atomic E-state index is 0.0658. The van der Waals surface area contributed by atoms with Crippen LogP contribution >= 0.6 is 0 Å². The summed E-state index contributed by atoms with van der Waals surface area (Å²) in [6.45, 7) is 8.52. The van der Waals surface area contributed by atoms with Crippen molar-refractivity contribution in [3.63, 3.8) is 0 Å². The monoisotopic (exact) mass is 234 g/mol. The predicted molar refractivity (Wildman–Crippen MR) is 70.8 cm³/mol. The molecule has 0 heterocycles. The minimum Gasteiger partial charge on any atom is -0.334 e. The Labute approximate surface area is 104 Å². The molecule has 0 spiro atoms. The lowest BCUT2D eigenvalue weighted by Crippen LogP contribution is -2.42. The van der Waals surface area contributed by atoms with Crippen molar-refractivity contribution in [3.05, 3.63) is 35.4 Å². The van der Waals surface area contributed by atoms with Gasteiger partial charge in [-0.1, -0.05) is 18.2 Å². The number of nitrogens with two attached hydrogens (primary N) is 1. The normalized spacial score (nSPS) is 11.0. The molecule has 0 aromatic heterocycles. The summed E-state index contributed by atoms with van der Waals surface area (Å²) in [6.07, 6.45) is 0. The average molecular weight is 234 g/mol. The number of nitrogens with zero attached hydrogens (tertiary/aromatic N) is 1. The fraction of sp³-hybridized carbons (Fsp3) is 0.500. The number of hydrogen-bond acceptors (Lipinski definition) is 2. The van der Waals surface area contributed by atoms with Crippen LogP contribution in [0.4, 0.5) is 0 Å². The molecule has 2 N–H and O–H groups in total. The molecule has 0 saturated carbocycles. The van der Waals surface area contributed by atoms with Gasteiger partial charge in [-0.2, -0.15) is 0 Å². The Kier molecular flexibility index (Phi) is 4.70. The molecule has 0 bridgehead atoms. The summed E-state index contributed by atoms with van der Waals surface area (Å²) in [6, 6.07) is 7.93. The number of carbonyl (C=O) groups excluding carboxylic acids is 1. The Morgan fingerprint density at radius 1 is 1.18 bits per heavy atom. The molecule has 0 aliphatic carbocycles. The first-order valence-corrected chi connectivity index (χ1v) is 6.09. The highest BCUT2D eigenvalue weighted by Crippen LogP contribution is 2.15. The van der Waals surface area contributed by atoms with Crippen molar-refractivity contribution in [3.8, 4) is 0 Å². The summed E-state index contributed by atoms with van der Waals surface area (Å²) in [4.78, 5) is 14.4. The summed E-state index contributed by atoms with van der Waals surface area (Å²) in [5, 5.41) is 0. The predicted octanol–water partition coefficient (Wildman–Crippen LogP) is 2.40. The van der Waals surface area contributed by atoms with Gasteiger partial charge in [-0.25, -0.2) is 0 Å². The highest BCUT2D eigenvalue weighted by Gasteiger charge is 2.22. The van der Waals surface area contributed by atoms with Crippen molar-refractivity contribution in [2.45, 2.75) is 46.3 Å². The molecule has 0 unspecified atom stereocenters. The second-order valence-corrected chi connectivity index (χ2v) is 4.76. The standard InChI is InChI=1S/C14H22N2O/c1-10(2)16(11(3)4)14(17)13-8-6-5-7-12(13)9-15/h5-8,10-11H,9,15H2,1-4H3. The van der Waals surface area contributed by atoms with Gasteiger partial charge in [-0.3, -0.25) is 4.79 Å². The zero-order chi connectivity index (χ0) is 13.0. The van der Waals surface area contributed by atoms with E-state index in [1.54, 1.807) is 0 Å². The van der Waals surface area contributed by atoms with Crippen LogP contribution in [0.2, 0.25) is 0 Å². The van der Waals surface area contributed by atoms with Gasteiger partial charge in [0.25, 0.3) is 5.91 Å². The number of carbonyl (C=O) groups is 1. The Hall–Kier alpha value is -1.35. The van der Waals surface area contributed by atoms with Gasteiger partial charge >= 0.3 is 0 Å². The molecular weight excluding hydrogens is 212 g/mol. The molecule has 17 heavy (non-hydrogen) atoms. The number of amides is 1. The second kappa shape index (κ2) is 5.82. The number of hydrogen-bond donors (Lipinski definition) is 1. The van der Waals surface area contributed by atoms with Crippen LogP contribution in [0, 0.1) is 0 Å². The van der Waals surface area contributed by atoms with E-state index in [0.717, 1.165) is 11.1 Å². The van der Waals surface area contributed by atoms with Crippen LogP contribution < -0.4 is 5.73 Å². The van der Waals surface area contributed by atoms with Gasteiger partial charge in [0.05, 0.1) is 0 Å². The SMILES string of the molecule is CC(C)N(C(=O)c1ccccc1CN)C(C)C. The summed E-state index contributed by atoms with van der Waals surface area (Å²) in [5.41, 5.74) is 7.30. The molecular formula is C14H22N2O. The third-order valence-electron chi connectivity index (χ3n) is 2.81. The molecule has 1 aromatic carbocycles. The van der Waals surface area contributed by atoms with Crippen LogP contribution in [0.3, 0.4) is 0 Å². The zero-order valence-corrected chi connectivity index (χ0v) is 11.1. The molecule has 0 saturated heterocycles. The Morgan fingerprint density at radius 3 is 2.18 bits per heavy atom. The number of benzene rings is 1. The van der Waals surface area contributed by atoms with Crippen molar-refractivity contribution >= 4 is 5.91 Å². The molecule has 3 heteroatoms. The van der Waals surface area contributed by atoms with Gasteiger partial charge < -0.3 is 10.6 Å². The van der Waals surface area contributed by atoms with E-state index in [-0.39, 0.29) is 18.0 Å². The molecule has 0 fully saturated rings. The topological polar surface area (TPSA) is 46.3 Å². The highest BCUT2D eigenvalue weighted by atomic mass is 16.2. The fourth-order valence-corrected chi connectivity index (χ4v) is 2.11. The highest BCUT2D eigenvalue weighted by molar-refractivity contribution is 5.96. The molecule has 1 rings (SSSR count). The van der Waals surface area contributed by atoms with Crippen molar-refractivity contribution in [2.75, 3.05) is 0 Å². The van der Waals surface area contributed by atoms with Gasteiger partial charge in [0, 0.05) is 24.2 Å². The van der Waals surface area contributed by atoms with E-state index < -0.39 is 0 Å². The molecule has 1 amide bonds. The van der Waals surface area contributed by atoms with Crippen LogP contribution in [-0.2, 0) is 6.54 Å². The number of rotatable bonds is 4. The summed E-state index contributed by atoms with van der Waals surface area (Å²) in [5.74, 6) is 0.0658. The first-order chi connectivity index (χ1) is 7.99. The largest absolute Gasteiger partial charge is 0.334 e. The maximum Gasteiger partial charge on any atom is 0.254 e. The van der Waals surface area contributed by atoms with Gasteiger partial charge in [-0.05, 0) is 39.3 Å². The van der Waals surface area contributed by atoms with Gasteiger partial charge in [0.2, 0.25) is 0 Å². The molecule has 0 aliphatic heterocycles. The van der Waals surface area contributed by atoms with Crippen LogP contribution in [0.15, 0.2) is 24.3 Å². The second-order valence-electron chi connectivity index (χ2n) is 4.76. The van der Waals surface area contributed by atoms with E-state index >= 15 is 0 Å². The first-order valence-electron chi connectivity index (χ1n) is 6.09. The van der Waals surface area contributed by atoms with E-state index in [0.29, 0.717) is 6.54 Å². The van der Waals surface area contributed by atoms with Crippen molar-refractivity contribution in [1.29, 1.82) is 0 Å². The van der Waals surface area contributed by atoms with Crippen LogP contribution in [0.1, 0.15) is 43.6 Å². The molecule has 0 atom stereocenters. The maximum atomic E-state index is 12.5.